The van der Waals surface area contributed by atoms with Gasteiger partial charge in [-0.15, -0.1) is 0 Å². The van der Waals surface area contributed by atoms with Crippen molar-refractivity contribution in [1.82, 2.24) is 48.2 Å². The normalized spacial score (nSPS) is 12.2. The largest absolute Gasteiger partial charge is 0.455 e. The molecule has 0 spiro atoms. The zero-order chi connectivity index (χ0) is 92.8. The molecule has 0 fully saturated rings. The van der Waals surface area contributed by atoms with Crippen molar-refractivity contribution in [3.63, 3.8) is 0 Å². The molecule has 0 aliphatic heterocycles. The summed E-state index contributed by atoms with van der Waals surface area (Å²) >= 11 is 0. The van der Waals surface area contributed by atoms with Crippen molar-refractivity contribution in [1.29, 1.82) is 0 Å². The van der Waals surface area contributed by atoms with E-state index in [0.29, 0.717) is 5.71 Å². The van der Waals surface area contributed by atoms with Crippen LogP contribution in [0, 0.1) is 48.5 Å². The summed E-state index contributed by atoms with van der Waals surface area (Å²) in [6.07, 6.45) is 19.7. The van der Waals surface area contributed by atoms with Gasteiger partial charge in [0.2, 0.25) is 28.5 Å². The smallest absolute Gasteiger partial charge is 0.228 e. The van der Waals surface area contributed by atoms with Gasteiger partial charge in [-0.05, 0) is 190 Å². The lowest BCUT2D eigenvalue weighted by Gasteiger charge is -2.24. The number of hydrogen-bond donors (Lipinski definition) is 0. The second kappa shape index (κ2) is 32.9. The SMILES string of the molecule is Cc1c(-c2cc3ccccc3n2C)cc2c(c1-c1cccc[n+]1C)-c1ccccc1C2(C)C.Cc1cc2c(cn1)oc1c(-c3cccc[n+]3C)c(C)c(-c3c(-c4ccccc4)c4cnccc4n3C)cc12.Cc1cc2oc3c(-c4cccc[n+]4C)c(C)c(-c4cc5ncccc5n4C)cc3c2cn1.Cc1cc2oc3nc(-c4cc5ccccc5n4C)c(C)c(-c4cccc[n+]4C)c3c2cn1. The lowest BCUT2D eigenvalue weighted by Crippen LogP contribution is -2.30. The predicted molar refractivity (Wildman–Crippen MR) is 545 cm³/mol. The Morgan fingerprint density at radius 3 is 1.45 bits per heavy atom. The molecule has 135 heavy (non-hydrogen) atoms. The average Bonchev–Trinajstić information content (AvgIpc) is 1.55. The van der Waals surface area contributed by atoms with E-state index in [-0.39, 0.29) is 5.41 Å². The highest BCUT2D eigenvalue weighted by atomic mass is 16.3. The van der Waals surface area contributed by atoms with Gasteiger partial charge in [0.05, 0.1) is 73.2 Å². The van der Waals surface area contributed by atoms with Gasteiger partial charge >= 0.3 is 0 Å². The van der Waals surface area contributed by atoms with Crippen molar-refractivity contribution in [3.8, 4) is 112 Å². The second-order valence-electron chi connectivity index (χ2n) is 36.7. The molecular weight excluding hydrogens is 1660 g/mol. The molecule has 0 atom stereocenters. The zero-order valence-corrected chi connectivity index (χ0v) is 78.9. The number of fused-ring (bicyclic) bond motifs is 16. The minimum atomic E-state index is -0.0545. The van der Waals surface area contributed by atoms with Gasteiger partial charge in [-0.1, -0.05) is 105 Å². The Morgan fingerprint density at radius 2 is 0.815 bits per heavy atom. The molecular formula is C118H102N14O3+4. The molecule has 25 rings (SSSR count). The fraction of sp³-hybridized carbons (Fsp3) is 0.153. The summed E-state index contributed by atoms with van der Waals surface area (Å²) in [7, 11) is 16.9. The molecule has 7 aromatic carbocycles. The summed E-state index contributed by atoms with van der Waals surface area (Å²) < 4.78 is 37.1. The van der Waals surface area contributed by atoms with Crippen molar-refractivity contribution in [2.75, 3.05) is 0 Å². The van der Waals surface area contributed by atoms with Gasteiger partial charge in [0.1, 0.15) is 50.5 Å². The monoisotopic (exact) mass is 1760 g/mol. The summed E-state index contributed by atoms with van der Waals surface area (Å²) in [5.74, 6) is 0. The van der Waals surface area contributed by atoms with E-state index in [1.54, 1.807) is 0 Å². The molecule has 0 unspecified atom stereocenters. The molecule has 0 saturated carbocycles. The molecule has 17 heterocycles. The van der Waals surface area contributed by atoms with Gasteiger partial charge < -0.3 is 31.5 Å². The van der Waals surface area contributed by atoms with Gasteiger partial charge in [-0.2, -0.15) is 0 Å². The van der Waals surface area contributed by atoms with Gasteiger partial charge in [0, 0.05) is 230 Å². The predicted octanol–water partition coefficient (Wildman–Crippen LogP) is 25.5. The van der Waals surface area contributed by atoms with E-state index >= 15 is 0 Å². The van der Waals surface area contributed by atoms with E-state index in [1.165, 1.54) is 111 Å². The third-order valence-corrected chi connectivity index (χ3v) is 28.2. The van der Waals surface area contributed by atoms with Crippen molar-refractivity contribution >= 4 is 110 Å². The molecule has 17 nitrogen and oxygen atoms in total. The minimum Gasteiger partial charge on any atom is -0.455 e. The van der Waals surface area contributed by atoms with Crippen LogP contribution in [0.3, 0.4) is 0 Å². The number of para-hydroxylation sites is 2. The van der Waals surface area contributed by atoms with Crippen LogP contribution in [0.25, 0.3) is 222 Å². The Morgan fingerprint density at radius 1 is 0.319 bits per heavy atom. The first-order chi connectivity index (χ1) is 65.5. The summed E-state index contributed by atoms with van der Waals surface area (Å²) in [6.45, 7) is 19.6. The molecule has 17 aromatic heterocycles. The summed E-state index contributed by atoms with van der Waals surface area (Å²) in [4.78, 5) is 27.7. The first kappa shape index (κ1) is 84.2. The number of furan rings is 3. The van der Waals surface area contributed by atoms with Crippen LogP contribution in [0.2, 0.25) is 0 Å². The summed E-state index contributed by atoms with van der Waals surface area (Å²) in [5, 5.41) is 9.89. The van der Waals surface area contributed by atoms with Gasteiger partial charge in [0.25, 0.3) is 0 Å². The van der Waals surface area contributed by atoms with Crippen LogP contribution in [0.5, 0.6) is 0 Å². The third kappa shape index (κ3) is 13.8. The zero-order valence-electron chi connectivity index (χ0n) is 78.9. The number of aryl methyl sites for hydroxylation is 11. The number of rotatable bonds is 9. The third-order valence-electron chi connectivity index (χ3n) is 28.2. The van der Waals surface area contributed by atoms with E-state index in [2.05, 4.69) is 403 Å². The molecule has 0 amide bonds. The molecule has 658 valence electrons. The quantitative estimate of drug-likeness (QED) is 0.129. The molecule has 0 radical (unpaired) electrons. The van der Waals surface area contributed by atoms with Crippen LogP contribution in [-0.2, 0) is 61.8 Å². The van der Waals surface area contributed by atoms with Crippen LogP contribution in [0.15, 0.2) is 324 Å². The topological polar surface area (TPSA) is 152 Å². The van der Waals surface area contributed by atoms with Crippen molar-refractivity contribution in [2.45, 2.75) is 67.7 Å². The van der Waals surface area contributed by atoms with Crippen molar-refractivity contribution < 1.29 is 31.5 Å². The van der Waals surface area contributed by atoms with Crippen LogP contribution < -0.4 is 18.3 Å². The summed E-state index contributed by atoms with van der Waals surface area (Å²) in [6, 6.07) is 88.0. The fourth-order valence-electron chi connectivity index (χ4n) is 21.2. The molecule has 1 aliphatic carbocycles. The average molecular weight is 1760 g/mol. The van der Waals surface area contributed by atoms with Gasteiger partial charge in [-0.25, -0.2) is 23.3 Å². The summed E-state index contributed by atoms with van der Waals surface area (Å²) in [5.41, 5.74) is 44.5. The number of pyridine rings is 10. The van der Waals surface area contributed by atoms with Crippen LogP contribution in [0.4, 0.5) is 0 Å². The standard InChI is InChI=1S/C33H27N4O.C31H29N2.2C27H23N4O/c1-20-16-24-25-17-23(21(2)30(28-12-8-9-15-36(28)3)33(25)38-29(24)19-35-20)32-31(22-10-6-5-7-11-22)26-18-34-14-13-27(26)37(32)4;1-20-23(28-18-21-12-6-9-15-26(21)33(28)5)19-25-30(29(20)27-16-10-11-17-32(27)4)22-13-7-8-14-24(22)31(25,2)3;1-16-13-23-19(15-28-16)25-24(21-11-7-8-12-30(21)3)17(2)26(29-27(25)32-23)22-14-18-9-5-6-10-20(18)31(22)4;1-16-12-25-20(15-29-16)19-13-18(24-14-21-22(31(24)4)9-7-10-28-21)17(2)26(27(19)32-25)23-8-5-6-11-30(23)3/h5-19H,1-4H3;6-19H,1-5H3;2*5-15H,1-4H3/q4*+1. The Balaban J connectivity index is 0.000000105. The number of benzene rings is 7. The van der Waals surface area contributed by atoms with E-state index in [0.717, 1.165) is 156 Å². The van der Waals surface area contributed by atoms with E-state index in [4.69, 9.17) is 18.2 Å². The lowest BCUT2D eigenvalue weighted by atomic mass is 9.80. The number of aromatic nitrogens is 14. The highest BCUT2D eigenvalue weighted by Gasteiger charge is 2.41. The maximum absolute atomic E-state index is 6.53. The Hall–Kier alpha value is -16.4. The number of hydrogen-bond acceptors (Lipinski definition) is 9. The minimum absolute atomic E-state index is 0.0545. The van der Waals surface area contributed by atoms with Crippen molar-refractivity contribution in [2.24, 2.45) is 56.4 Å². The maximum Gasteiger partial charge on any atom is 0.228 e. The van der Waals surface area contributed by atoms with Gasteiger partial charge in [0.15, 0.2) is 30.4 Å². The van der Waals surface area contributed by atoms with Crippen molar-refractivity contribution in [3.05, 3.63) is 361 Å². The first-order valence-electron chi connectivity index (χ1n) is 45.9. The second-order valence-corrected chi connectivity index (χ2v) is 36.7. The van der Waals surface area contributed by atoms with Crippen LogP contribution >= 0.6 is 0 Å². The fourth-order valence-corrected chi connectivity index (χ4v) is 21.2. The number of nitrogens with zero attached hydrogens (tertiary/aromatic N) is 14. The van der Waals surface area contributed by atoms with E-state index < -0.39 is 0 Å². The van der Waals surface area contributed by atoms with Crippen LogP contribution in [-0.4, -0.2) is 48.2 Å². The maximum atomic E-state index is 6.53. The molecule has 1 aliphatic rings. The van der Waals surface area contributed by atoms with E-state index in [1.807, 2.05) is 88.3 Å². The Kier molecular flexibility index (Phi) is 20.5. The Labute approximate surface area is 782 Å². The van der Waals surface area contributed by atoms with Gasteiger partial charge in [-0.3, -0.25) is 24.9 Å². The highest BCUT2D eigenvalue weighted by molar-refractivity contribution is 6.16. The van der Waals surface area contributed by atoms with Crippen LogP contribution in [0.1, 0.15) is 64.3 Å². The Bertz CT molecular complexity index is 8990. The molecule has 24 aromatic rings. The first-order valence-corrected chi connectivity index (χ1v) is 45.9. The highest BCUT2D eigenvalue weighted by Crippen LogP contribution is 2.56. The molecule has 0 N–H and O–H groups in total. The molecule has 0 saturated heterocycles. The lowest BCUT2D eigenvalue weighted by molar-refractivity contribution is -0.660. The molecule has 17 heteroatoms. The van der Waals surface area contributed by atoms with E-state index in [9.17, 15) is 0 Å². The molecule has 0 bridgehead atoms.